The predicted molar refractivity (Wildman–Crippen MR) is 87.1 cm³/mol. The van der Waals surface area contributed by atoms with Crippen molar-refractivity contribution < 1.29 is 4.39 Å². The van der Waals surface area contributed by atoms with Crippen LogP contribution in [0.25, 0.3) is 0 Å². The van der Waals surface area contributed by atoms with E-state index < -0.39 is 0 Å². The quantitative estimate of drug-likeness (QED) is 0.824. The van der Waals surface area contributed by atoms with Crippen LogP contribution < -0.4 is 5.32 Å². The molecule has 2 aromatic rings. The molecule has 0 bridgehead atoms. The van der Waals surface area contributed by atoms with Crippen LogP contribution in [0.4, 0.5) is 4.39 Å². The van der Waals surface area contributed by atoms with Crippen molar-refractivity contribution in [3.05, 3.63) is 70.5 Å². The molecule has 2 unspecified atom stereocenters. The van der Waals surface area contributed by atoms with Gasteiger partial charge in [-0.15, -0.1) is 0 Å². The fourth-order valence-electron chi connectivity index (χ4n) is 3.11. The molecule has 112 valence electrons. The number of hydrogen-bond acceptors (Lipinski definition) is 1. The van der Waals surface area contributed by atoms with Gasteiger partial charge in [-0.1, -0.05) is 44.2 Å². The molecule has 0 aromatic heterocycles. The van der Waals surface area contributed by atoms with E-state index in [9.17, 15) is 4.39 Å². The average Bonchev–Trinajstić information content (AvgIpc) is 2.45. The van der Waals surface area contributed by atoms with Crippen molar-refractivity contribution in [2.24, 2.45) is 0 Å². The first-order valence-corrected chi connectivity index (χ1v) is 7.59. The summed E-state index contributed by atoms with van der Waals surface area (Å²) in [5.41, 5.74) is 4.55. The maximum absolute atomic E-state index is 13.6. The van der Waals surface area contributed by atoms with E-state index in [1.165, 1.54) is 11.1 Å². The minimum absolute atomic E-state index is 0.156. The summed E-state index contributed by atoms with van der Waals surface area (Å²) in [6, 6.07) is 13.9. The highest BCUT2D eigenvalue weighted by Crippen LogP contribution is 2.34. The van der Waals surface area contributed by atoms with Crippen LogP contribution in [-0.2, 0) is 0 Å². The Hall–Kier alpha value is -1.67. The Morgan fingerprint density at radius 2 is 1.62 bits per heavy atom. The molecule has 0 fully saturated rings. The number of nitrogens with one attached hydrogen (secondary N) is 1. The predicted octanol–water partition coefficient (Wildman–Crippen LogP) is 4.90. The third kappa shape index (κ3) is 3.51. The zero-order valence-corrected chi connectivity index (χ0v) is 13.3. The summed E-state index contributed by atoms with van der Waals surface area (Å²) in [5, 5.41) is 3.58. The van der Waals surface area contributed by atoms with Gasteiger partial charge in [0, 0.05) is 12.0 Å². The molecule has 0 aliphatic rings. The summed E-state index contributed by atoms with van der Waals surface area (Å²) < 4.78 is 13.6. The van der Waals surface area contributed by atoms with Crippen LogP contribution in [-0.4, -0.2) is 6.54 Å². The Morgan fingerprint density at radius 1 is 1.05 bits per heavy atom. The van der Waals surface area contributed by atoms with Crippen LogP contribution in [0.15, 0.2) is 42.5 Å². The second-order valence-corrected chi connectivity index (χ2v) is 5.69. The molecule has 0 saturated heterocycles. The molecular formula is C19H24FN. The van der Waals surface area contributed by atoms with Crippen LogP contribution in [0.1, 0.15) is 48.1 Å². The SMILES string of the molecule is CCNC(c1c(C)cc(F)cc1C)C(C)c1ccccc1. The number of hydrogen-bond donors (Lipinski definition) is 1. The molecular weight excluding hydrogens is 261 g/mol. The first kappa shape index (κ1) is 15.7. The van der Waals surface area contributed by atoms with Gasteiger partial charge in [-0.25, -0.2) is 4.39 Å². The van der Waals surface area contributed by atoms with E-state index in [4.69, 9.17) is 0 Å². The number of rotatable bonds is 5. The van der Waals surface area contributed by atoms with Crippen molar-refractivity contribution in [2.75, 3.05) is 6.54 Å². The van der Waals surface area contributed by atoms with Crippen LogP contribution in [0.3, 0.4) is 0 Å². The summed E-state index contributed by atoms with van der Waals surface area (Å²) in [6.07, 6.45) is 0. The monoisotopic (exact) mass is 285 g/mol. The Balaban J connectivity index is 2.44. The van der Waals surface area contributed by atoms with Crippen LogP contribution in [0.5, 0.6) is 0 Å². The summed E-state index contributed by atoms with van der Waals surface area (Å²) in [6.45, 7) is 9.21. The van der Waals surface area contributed by atoms with Crippen molar-refractivity contribution in [3.63, 3.8) is 0 Å². The summed E-state index contributed by atoms with van der Waals surface area (Å²) in [4.78, 5) is 0. The zero-order chi connectivity index (χ0) is 15.4. The normalized spacial score (nSPS) is 14.0. The van der Waals surface area contributed by atoms with E-state index in [2.05, 4.69) is 43.4 Å². The number of halogens is 1. The molecule has 2 aromatic carbocycles. The lowest BCUT2D eigenvalue weighted by Gasteiger charge is -2.28. The van der Waals surface area contributed by atoms with Gasteiger partial charge < -0.3 is 5.32 Å². The van der Waals surface area contributed by atoms with Crippen molar-refractivity contribution in [2.45, 2.75) is 39.7 Å². The Morgan fingerprint density at radius 3 is 2.14 bits per heavy atom. The molecule has 0 spiro atoms. The molecule has 1 N–H and O–H groups in total. The number of aryl methyl sites for hydroxylation is 2. The standard InChI is InChI=1S/C19H24FN/c1-5-21-19(15(4)16-9-7-6-8-10-16)18-13(2)11-17(20)12-14(18)3/h6-12,15,19,21H,5H2,1-4H3. The van der Waals surface area contributed by atoms with Crippen molar-refractivity contribution in [3.8, 4) is 0 Å². The maximum Gasteiger partial charge on any atom is 0.123 e. The molecule has 0 aliphatic heterocycles. The van der Waals surface area contributed by atoms with Crippen molar-refractivity contribution in [1.29, 1.82) is 0 Å². The molecule has 0 aliphatic carbocycles. The van der Waals surface area contributed by atoms with E-state index in [0.29, 0.717) is 5.92 Å². The first-order valence-electron chi connectivity index (χ1n) is 7.59. The minimum Gasteiger partial charge on any atom is -0.310 e. The zero-order valence-electron chi connectivity index (χ0n) is 13.3. The Bertz CT molecular complexity index is 569. The Labute approximate surface area is 127 Å². The van der Waals surface area contributed by atoms with E-state index >= 15 is 0 Å². The van der Waals surface area contributed by atoms with Gasteiger partial charge in [-0.05, 0) is 54.8 Å². The van der Waals surface area contributed by atoms with Crippen molar-refractivity contribution in [1.82, 2.24) is 5.32 Å². The van der Waals surface area contributed by atoms with Gasteiger partial charge in [0.2, 0.25) is 0 Å². The molecule has 0 heterocycles. The Kier molecular flexibility index (Phi) is 5.13. The van der Waals surface area contributed by atoms with Gasteiger partial charge in [-0.2, -0.15) is 0 Å². The van der Waals surface area contributed by atoms with Crippen LogP contribution in [0, 0.1) is 19.7 Å². The second kappa shape index (κ2) is 6.86. The summed E-state index contributed by atoms with van der Waals surface area (Å²) in [5.74, 6) is 0.172. The molecule has 2 atom stereocenters. The van der Waals surface area contributed by atoms with E-state index in [1.807, 2.05) is 19.9 Å². The summed E-state index contributed by atoms with van der Waals surface area (Å²) >= 11 is 0. The lowest BCUT2D eigenvalue weighted by Crippen LogP contribution is -2.27. The van der Waals surface area contributed by atoms with Gasteiger partial charge in [0.15, 0.2) is 0 Å². The van der Waals surface area contributed by atoms with Gasteiger partial charge in [0.05, 0.1) is 0 Å². The first-order chi connectivity index (χ1) is 10.0. The van der Waals surface area contributed by atoms with E-state index in [-0.39, 0.29) is 11.9 Å². The number of benzene rings is 2. The van der Waals surface area contributed by atoms with Crippen LogP contribution >= 0.6 is 0 Å². The molecule has 21 heavy (non-hydrogen) atoms. The largest absolute Gasteiger partial charge is 0.310 e. The van der Waals surface area contributed by atoms with Crippen LogP contribution in [0.2, 0.25) is 0 Å². The topological polar surface area (TPSA) is 12.0 Å². The highest BCUT2D eigenvalue weighted by atomic mass is 19.1. The second-order valence-electron chi connectivity index (χ2n) is 5.69. The lowest BCUT2D eigenvalue weighted by atomic mass is 9.84. The van der Waals surface area contributed by atoms with Gasteiger partial charge in [0.25, 0.3) is 0 Å². The summed E-state index contributed by atoms with van der Waals surface area (Å²) in [7, 11) is 0. The van der Waals surface area contributed by atoms with E-state index in [1.54, 1.807) is 12.1 Å². The van der Waals surface area contributed by atoms with E-state index in [0.717, 1.165) is 17.7 Å². The maximum atomic E-state index is 13.6. The molecule has 0 amide bonds. The molecule has 0 saturated carbocycles. The average molecular weight is 285 g/mol. The van der Waals surface area contributed by atoms with Gasteiger partial charge in [-0.3, -0.25) is 0 Å². The molecule has 0 radical (unpaired) electrons. The third-order valence-corrected chi connectivity index (χ3v) is 4.12. The van der Waals surface area contributed by atoms with Gasteiger partial charge >= 0.3 is 0 Å². The lowest BCUT2D eigenvalue weighted by molar-refractivity contribution is 0.474. The van der Waals surface area contributed by atoms with Gasteiger partial charge in [0.1, 0.15) is 5.82 Å². The molecule has 2 heteroatoms. The third-order valence-electron chi connectivity index (χ3n) is 4.12. The fourth-order valence-corrected chi connectivity index (χ4v) is 3.11. The smallest absolute Gasteiger partial charge is 0.123 e. The number of likely N-dealkylation sites (N-methyl/N-ethyl adjacent to an activating group) is 1. The highest BCUT2D eigenvalue weighted by molar-refractivity contribution is 5.39. The fraction of sp³-hybridized carbons (Fsp3) is 0.368. The van der Waals surface area contributed by atoms with Crippen molar-refractivity contribution >= 4 is 0 Å². The highest BCUT2D eigenvalue weighted by Gasteiger charge is 2.23. The molecule has 2 rings (SSSR count). The molecule has 1 nitrogen and oxygen atoms in total. The minimum atomic E-state index is -0.156.